The van der Waals surface area contributed by atoms with Gasteiger partial charge in [-0.3, -0.25) is 0 Å². The molecule has 0 aliphatic heterocycles. The molecule has 13 aromatic rings. The van der Waals surface area contributed by atoms with Crippen molar-refractivity contribution in [2.24, 2.45) is 0 Å². The number of benzene rings is 11. The molecule has 0 aliphatic carbocycles. The fourth-order valence-corrected chi connectivity index (χ4v) is 11.7. The van der Waals surface area contributed by atoms with E-state index in [0.29, 0.717) is 38.7 Å². The maximum atomic E-state index is 11.2. The van der Waals surface area contributed by atoms with Gasteiger partial charge in [0.1, 0.15) is 28.9 Å². The Kier molecular flexibility index (Phi) is 11.3. The van der Waals surface area contributed by atoms with Crippen molar-refractivity contribution in [3.05, 3.63) is 241 Å². The zero-order valence-corrected chi connectivity index (χ0v) is 44.4. The SMILES string of the molecule is CC(C)(C)c1ccccc1N(c1ccc2cc3c(cc2c1)oc1c(C#N)c2oc4cc5cc(N(c6ccccc6-c6ccccc6)c6ccccc6C(C)(C)C)ccc5cc4c2c(C#N)c13)c1ccccc1-c1ccccc1. The topological polar surface area (TPSA) is 80.3 Å². The third-order valence-electron chi connectivity index (χ3n) is 15.3. The number of rotatable bonds is 8. The van der Waals surface area contributed by atoms with E-state index in [0.717, 1.165) is 88.7 Å². The molecule has 0 aliphatic rings. The highest BCUT2D eigenvalue weighted by Gasteiger charge is 2.29. The second kappa shape index (κ2) is 18.4. The van der Waals surface area contributed by atoms with Crippen LogP contribution >= 0.6 is 0 Å². The molecule has 78 heavy (non-hydrogen) atoms. The third kappa shape index (κ3) is 7.92. The monoisotopic (exact) mass is 1010 g/mol. The highest BCUT2D eigenvalue weighted by molar-refractivity contribution is 6.24. The second-order valence-corrected chi connectivity index (χ2v) is 22.3. The van der Waals surface area contributed by atoms with Crippen molar-refractivity contribution in [1.29, 1.82) is 10.5 Å². The molecule has 0 saturated carbocycles. The Labute approximate surface area is 453 Å². The molecule has 0 fully saturated rings. The average Bonchev–Trinajstić information content (AvgIpc) is 4.12. The van der Waals surface area contributed by atoms with E-state index in [2.05, 4.69) is 258 Å². The minimum atomic E-state index is -0.149. The summed E-state index contributed by atoms with van der Waals surface area (Å²) in [5, 5.41) is 28.9. The summed E-state index contributed by atoms with van der Waals surface area (Å²) in [6, 6.07) is 81.8. The molecule has 2 heterocycles. The summed E-state index contributed by atoms with van der Waals surface area (Å²) in [6.07, 6.45) is 0. The van der Waals surface area contributed by atoms with Gasteiger partial charge in [-0.2, -0.15) is 10.5 Å². The van der Waals surface area contributed by atoms with E-state index in [1.807, 2.05) is 24.3 Å². The minimum absolute atomic E-state index is 0.149. The lowest BCUT2D eigenvalue weighted by Gasteiger charge is -2.33. The highest BCUT2D eigenvalue weighted by atomic mass is 16.3. The molecule has 0 saturated heterocycles. The molecule has 11 aromatic carbocycles. The smallest absolute Gasteiger partial charge is 0.158 e. The van der Waals surface area contributed by atoms with Crippen molar-refractivity contribution in [2.45, 2.75) is 52.4 Å². The Morgan fingerprint density at radius 2 is 0.731 bits per heavy atom. The van der Waals surface area contributed by atoms with Crippen LogP contribution in [-0.4, -0.2) is 0 Å². The Hall–Kier alpha value is -9.88. The second-order valence-electron chi connectivity index (χ2n) is 22.3. The molecule has 0 N–H and O–H groups in total. The fraction of sp³-hybridized carbons (Fsp3) is 0.111. The summed E-state index contributed by atoms with van der Waals surface area (Å²) in [4.78, 5) is 4.73. The molecule has 0 spiro atoms. The van der Waals surface area contributed by atoms with Crippen LogP contribution in [0, 0.1) is 22.7 Å². The molecule has 0 radical (unpaired) electrons. The quantitative estimate of drug-likeness (QED) is 0.151. The van der Waals surface area contributed by atoms with Crippen LogP contribution in [0.2, 0.25) is 0 Å². The van der Waals surface area contributed by atoms with Gasteiger partial charge >= 0.3 is 0 Å². The number of anilines is 6. The summed E-state index contributed by atoms with van der Waals surface area (Å²) >= 11 is 0. The van der Waals surface area contributed by atoms with Gasteiger partial charge in [0.15, 0.2) is 11.2 Å². The lowest BCUT2D eigenvalue weighted by Crippen LogP contribution is -2.19. The summed E-state index contributed by atoms with van der Waals surface area (Å²) in [7, 11) is 0. The van der Waals surface area contributed by atoms with E-state index in [9.17, 15) is 10.5 Å². The first kappa shape index (κ1) is 47.8. The number of hydrogen-bond acceptors (Lipinski definition) is 6. The van der Waals surface area contributed by atoms with Crippen LogP contribution in [0.1, 0.15) is 63.8 Å². The molecule has 0 atom stereocenters. The third-order valence-corrected chi connectivity index (χ3v) is 15.3. The van der Waals surface area contributed by atoms with Gasteiger partial charge in [-0.1, -0.05) is 187 Å². The molecule has 2 aromatic heterocycles. The van der Waals surface area contributed by atoms with E-state index >= 15 is 0 Å². The summed E-state index contributed by atoms with van der Waals surface area (Å²) in [6.45, 7) is 13.5. The maximum Gasteiger partial charge on any atom is 0.158 e. The fourth-order valence-electron chi connectivity index (χ4n) is 11.7. The van der Waals surface area contributed by atoms with Crippen LogP contribution in [0.5, 0.6) is 0 Å². The lowest BCUT2D eigenvalue weighted by atomic mass is 9.85. The number of nitrogens with zero attached hydrogens (tertiary/aromatic N) is 4. The van der Waals surface area contributed by atoms with Crippen molar-refractivity contribution < 1.29 is 8.83 Å². The molecular weight excluding hydrogens is 953 g/mol. The van der Waals surface area contributed by atoms with Crippen molar-refractivity contribution in [1.82, 2.24) is 0 Å². The van der Waals surface area contributed by atoms with E-state index in [-0.39, 0.29) is 16.4 Å². The van der Waals surface area contributed by atoms with Gasteiger partial charge in [0.25, 0.3) is 0 Å². The average molecular weight is 1010 g/mol. The van der Waals surface area contributed by atoms with Crippen molar-refractivity contribution >= 4 is 99.5 Å². The lowest BCUT2D eigenvalue weighted by molar-refractivity contribution is 0.590. The molecule has 13 rings (SSSR count). The van der Waals surface area contributed by atoms with E-state index < -0.39 is 0 Å². The van der Waals surface area contributed by atoms with Gasteiger partial charge in [0, 0.05) is 55.4 Å². The Balaban J connectivity index is 0.975. The van der Waals surface area contributed by atoms with Gasteiger partial charge in [0.05, 0.1) is 16.9 Å². The number of fused-ring (bicyclic) bond motifs is 8. The number of nitriles is 2. The first-order valence-electron chi connectivity index (χ1n) is 26.5. The Morgan fingerprint density at radius 3 is 1.13 bits per heavy atom. The molecule has 6 heteroatoms. The Morgan fingerprint density at radius 1 is 0.359 bits per heavy atom. The largest absolute Gasteiger partial charge is 0.454 e. The highest BCUT2D eigenvalue weighted by Crippen LogP contribution is 2.50. The van der Waals surface area contributed by atoms with Crippen molar-refractivity contribution in [2.75, 3.05) is 9.80 Å². The van der Waals surface area contributed by atoms with Gasteiger partial charge in [-0.15, -0.1) is 0 Å². The molecule has 374 valence electrons. The van der Waals surface area contributed by atoms with Gasteiger partial charge in [0.2, 0.25) is 0 Å². The van der Waals surface area contributed by atoms with Crippen LogP contribution in [0.25, 0.3) is 87.7 Å². The van der Waals surface area contributed by atoms with Gasteiger partial charge < -0.3 is 18.6 Å². The van der Waals surface area contributed by atoms with Crippen LogP contribution in [0.15, 0.2) is 227 Å². The van der Waals surface area contributed by atoms with Gasteiger partial charge in [-0.25, -0.2) is 0 Å². The van der Waals surface area contributed by atoms with Crippen molar-refractivity contribution in [3.8, 4) is 34.4 Å². The molecule has 0 amide bonds. The van der Waals surface area contributed by atoms with Crippen LogP contribution in [0.3, 0.4) is 0 Å². The maximum absolute atomic E-state index is 11.2. The number of furan rings is 2. The van der Waals surface area contributed by atoms with E-state index in [1.165, 1.54) is 11.1 Å². The van der Waals surface area contributed by atoms with Crippen LogP contribution in [-0.2, 0) is 10.8 Å². The number of para-hydroxylation sites is 4. The van der Waals surface area contributed by atoms with Crippen molar-refractivity contribution in [3.63, 3.8) is 0 Å². The summed E-state index contributed by atoms with van der Waals surface area (Å²) < 4.78 is 13.5. The molecule has 0 unspecified atom stereocenters. The summed E-state index contributed by atoms with van der Waals surface area (Å²) in [5.74, 6) is 0. The van der Waals surface area contributed by atoms with Crippen LogP contribution < -0.4 is 9.80 Å². The molecule has 6 nitrogen and oxygen atoms in total. The zero-order valence-electron chi connectivity index (χ0n) is 44.4. The number of hydrogen-bond donors (Lipinski definition) is 0. The molecular formula is C72H54N4O2. The standard InChI is InChI=1S/C72H54N4O2/c1-71(2,3)59-27-15-19-31-63(59)75(61-29-17-13-25-53(61)45-21-9-7-10-22-45)51-35-33-47-39-55-65(41-49(47)37-51)77-69-58(44-74)70-68(57(43-73)67(55)69)56-40-48-34-36-52(38-50(48)42-66(56)78-70)76(64-32-20-16-28-60(64)72(4,5)6)62-30-18-14-26-54(62)46-23-11-8-12-24-46/h7-42H,1-6H3. The Bertz CT molecular complexity index is 4340. The zero-order chi connectivity index (χ0) is 53.5. The first-order chi connectivity index (χ1) is 37.9. The molecule has 0 bridgehead atoms. The van der Waals surface area contributed by atoms with Gasteiger partial charge in [-0.05, 0) is 127 Å². The predicted molar refractivity (Wildman–Crippen MR) is 323 cm³/mol. The summed E-state index contributed by atoms with van der Waals surface area (Å²) in [5.41, 5.74) is 15.4. The first-order valence-corrected chi connectivity index (χ1v) is 26.5. The van der Waals surface area contributed by atoms with E-state index in [4.69, 9.17) is 8.83 Å². The van der Waals surface area contributed by atoms with Crippen LogP contribution in [0.4, 0.5) is 34.1 Å². The normalized spacial score (nSPS) is 11.9. The predicted octanol–water partition coefficient (Wildman–Crippen LogP) is 20.4. The van der Waals surface area contributed by atoms with E-state index in [1.54, 1.807) is 0 Å². The minimum Gasteiger partial charge on any atom is -0.454 e.